The standard InChI is InChI=1S/C14H23NO4/c1-7-10(2)11(8-9-12(16)18-6)15-13(17)19-14(3,4)5/h10-11H,7H2,1-6H3,(H,15,17)/t10?,11-/m1/s1. The first-order chi connectivity index (χ1) is 8.69. The van der Waals surface area contributed by atoms with Crippen LogP contribution in [0.1, 0.15) is 41.0 Å². The maximum atomic E-state index is 11.7. The number of methoxy groups -OCH3 is 1. The van der Waals surface area contributed by atoms with Crippen LogP contribution in [0.5, 0.6) is 0 Å². The molecule has 0 saturated heterocycles. The molecule has 19 heavy (non-hydrogen) atoms. The van der Waals surface area contributed by atoms with Gasteiger partial charge in [0.1, 0.15) is 5.60 Å². The Morgan fingerprint density at radius 1 is 1.32 bits per heavy atom. The summed E-state index contributed by atoms with van der Waals surface area (Å²) in [4.78, 5) is 22.7. The third kappa shape index (κ3) is 8.09. The van der Waals surface area contributed by atoms with Gasteiger partial charge in [-0.15, -0.1) is 0 Å². The molecule has 0 aromatic heterocycles. The lowest BCUT2D eigenvalue weighted by molar-refractivity contribution is -0.133. The van der Waals surface area contributed by atoms with E-state index < -0.39 is 23.7 Å². The predicted molar refractivity (Wildman–Crippen MR) is 72.4 cm³/mol. The second kappa shape index (κ2) is 7.67. The summed E-state index contributed by atoms with van der Waals surface area (Å²) in [5.41, 5.74) is -0.570. The van der Waals surface area contributed by atoms with Gasteiger partial charge in [-0.1, -0.05) is 26.2 Å². The molecule has 0 bridgehead atoms. The largest absolute Gasteiger partial charge is 0.459 e. The Balaban J connectivity index is 4.73. The van der Waals surface area contributed by atoms with E-state index in [1.807, 2.05) is 13.8 Å². The number of hydrogen-bond donors (Lipinski definition) is 1. The number of rotatable bonds is 3. The lowest BCUT2D eigenvalue weighted by atomic mass is 10.00. The zero-order chi connectivity index (χ0) is 15.1. The molecule has 0 aliphatic rings. The fourth-order valence-corrected chi connectivity index (χ4v) is 1.18. The second-order valence-electron chi connectivity index (χ2n) is 5.27. The molecule has 2 atom stereocenters. The van der Waals surface area contributed by atoms with Gasteiger partial charge < -0.3 is 14.8 Å². The molecule has 1 unspecified atom stereocenters. The summed E-state index contributed by atoms with van der Waals surface area (Å²) < 4.78 is 9.61. The molecule has 1 N–H and O–H groups in total. The number of amides is 1. The number of carbonyl (C=O) groups is 2. The van der Waals surface area contributed by atoms with Crippen LogP contribution in [0.15, 0.2) is 0 Å². The highest BCUT2D eigenvalue weighted by Crippen LogP contribution is 2.10. The minimum absolute atomic E-state index is 0.102. The van der Waals surface area contributed by atoms with Gasteiger partial charge in [-0.05, 0) is 26.7 Å². The average Bonchev–Trinajstić information content (AvgIpc) is 2.30. The third-order valence-corrected chi connectivity index (χ3v) is 2.40. The van der Waals surface area contributed by atoms with E-state index in [0.29, 0.717) is 0 Å². The Kier molecular flexibility index (Phi) is 6.99. The van der Waals surface area contributed by atoms with Crippen molar-refractivity contribution in [2.24, 2.45) is 5.92 Å². The van der Waals surface area contributed by atoms with Crippen LogP contribution >= 0.6 is 0 Å². The summed E-state index contributed by atoms with van der Waals surface area (Å²) >= 11 is 0. The average molecular weight is 269 g/mol. The molecule has 5 heteroatoms. The zero-order valence-corrected chi connectivity index (χ0v) is 12.5. The van der Waals surface area contributed by atoms with Crippen molar-refractivity contribution in [1.29, 1.82) is 0 Å². The van der Waals surface area contributed by atoms with Gasteiger partial charge in [-0.25, -0.2) is 9.59 Å². The summed E-state index contributed by atoms with van der Waals surface area (Å²) in [5, 5.41) is 2.66. The summed E-state index contributed by atoms with van der Waals surface area (Å²) in [7, 11) is 1.26. The number of esters is 1. The quantitative estimate of drug-likeness (QED) is 0.484. The number of nitrogens with one attached hydrogen (secondary N) is 1. The topological polar surface area (TPSA) is 64.6 Å². The van der Waals surface area contributed by atoms with E-state index in [0.717, 1.165) is 6.42 Å². The third-order valence-electron chi connectivity index (χ3n) is 2.40. The highest BCUT2D eigenvalue weighted by atomic mass is 16.6. The smallest absolute Gasteiger partial charge is 0.408 e. The number of alkyl carbamates (subject to hydrolysis) is 1. The van der Waals surface area contributed by atoms with Crippen molar-refractivity contribution in [2.75, 3.05) is 7.11 Å². The van der Waals surface area contributed by atoms with Crippen molar-refractivity contribution in [1.82, 2.24) is 5.32 Å². The molecule has 5 nitrogen and oxygen atoms in total. The molecule has 0 aliphatic heterocycles. The number of ether oxygens (including phenoxy) is 2. The van der Waals surface area contributed by atoms with E-state index in [1.54, 1.807) is 20.8 Å². The van der Waals surface area contributed by atoms with Crippen molar-refractivity contribution in [3.63, 3.8) is 0 Å². The van der Waals surface area contributed by atoms with Crippen LogP contribution in [0.3, 0.4) is 0 Å². The van der Waals surface area contributed by atoms with Crippen LogP contribution in [0.4, 0.5) is 4.79 Å². The Labute approximate surface area is 115 Å². The van der Waals surface area contributed by atoms with Crippen LogP contribution in [-0.2, 0) is 14.3 Å². The highest BCUT2D eigenvalue weighted by Gasteiger charge is 2.21. The van der Waals surface area contributed by atoms with Crippen molar-refractivity contribution in [3.8, 4) is 11.8 Å². The van der Waals surface area contributed by atoms with Gasteiger partial charge in [-0.3, -0.25) is 0 Å². The highest BCUT2D eigenvalue weighted by molar-refractivity contribution is 5.88. The van der Waals surface area contributed by atoms with Gasteiger partial charge in [0.05, 0.1) is 13.2 Å². The van der Waals surface area contributed by atoms with Crippen LogP contribution in [0.25, 0.3) is 0 Å². The minimum atomic E-state index is -0.626. The molecule has 0 radical (unpaired) electrons. The number of carbonyl (C=O) groups excluding carboxylic acids is 2. The monoisotopic (exact) mass is 269 g/mol. The van der Waals surface area contributed by atoms with Crippen molar-refractivity contribution >= 4 is 12.1 Å². The van der Waals surface area contributed by atoms with E-state index in [9.17, 15) is 9.59 Å². The van der Waals surface area contributed by atoms with Crippen molar-refractivity contribution < 1.29 is 19.1 Å². The molecular weight excluding hydrogens is 246 g/mol. The van der Waals surface area contributed by atoms with E-state index in [1.165, 1.54) is 7.11 Å². The summed E-state index contributed by atoms with van der Waals surface area (Å²) in [6.45, 7) is 9.27. The Morgan fingerprint density at radius 3 is 2.32 bits per heavy atom. The molecule has 0 rings (SSSR count). The summed E-state index contributed by atoms with van der Waals surface area (Å²) in [6.07, 6.45) is 0.271. The molecular formula is C14H23NO4. The maximum Gasteiger partial charge on any atom is 0.408 e. The molecule has 0 fully saturated rings. The van der Waals surface area contributed by atoms with Gasteiger partial charge in [0.25, 0.3) is 0 Å². The molecule has 108 valence electrons. The summed E-state index contributed by atoms with van der Waals surface area (Å²) in [5.74, 6) is 4.51. The molecule has 0 spiro atoms. The van der Waals surface area contributed by atoms with Gasteiger partial charge in [-0.2, -0.15) is 0 Å². The van der Waals surface area contributed by atoms with Gasteiger partial charge in [0.2, 0.25) is 0 Å². The molecule has 0 aliphatic carbocycles. The van der Waals surface area contributed by atoms with Gasteiger partial charge in [0.15, 0.2) is 0 Å². The van der Waals surface area contributed by atoms with E-state index >= 15 is 0 Å². The second-order valence-corrected chi connectivity index (χ2v) is 5.27. The normalized spacial score (nSPS) is 13.6. The molecule has 0 aromatic carbocycles. The van der Waals surface area contributed by atoms with Crippen LogP contribution in [0.2, 0.25) is 0 Å². The summed E-state index contributed by atoms with van der Waals surface area (Å²) in [6, 6.07) is -0.445. The SMILES string of the molecule is CCC(C)[C@@H](C#CC(=O)OC)NC(=O)OC(C)(C)C. The Morgan fingerprint density at radius 2 is 1.89 bits per heavy atom. The Bertz CT molecular complexity index is 373. The fraction of sp³-hybridized carbons (Fsp3) is 0.714. The van der Waals surface area contributed by atoms with E-state index in [-0.39, 0.29) is 5.92 Å². The first-order valence-electron chi connectivity index (χ1n) is 6.28. The van der Waals surface area contributed by atoms with Crippen LogP contribution in [0, 0.1) is 17.8 Å². The molecule has 0 aromatic rings. The fourth-order valence-electron chi connectivity index (χ4n) is 1.18. The van der Waals surface area contributed by atoms with Crippen molar-refractivity contribution in [3.05, 3.63) is 0 Å². The Hall–Kier alpha value is -1.70. The zero-order valence-electron chi connectivity index (χ0n) is 12.5. The van der Waals surface area contributed by atoms with E-state index in [2.05, 4.69) is 21.9 Å². The van der Waals surface area contributed by atoms with Gasteiger partial charge >= 0.3 is 12.1 Å². The predicted octanol–water partition coefficient (Wildman–Crippen LogP) is 2.10. The molecule has 0 saturated carbocycles. The first-order valence-corrected chi connectivity index (χ1v) is 6.28. The van der Waals surface area contributed by atoms with E-state index in [4.69, 9.17) is 4.74 Å². The van der Waals surface area contributed by atoms with Crippen LogP contribution < -0.4 is 5.32 Å². The number of hydrogen-bond acceptors (Lipinski definition) is 4. The molecule has 1 amide bonds. The molecule has 0 heterocycles. The lowest BCUT2D eigenvalue weighted by Gasteiger charge is -2.23. The maximum absolute atomic E-state index is 11.7. The first kappa shape index (κ1) is 17.3. The van der Waals surface area contributed by atoms with Crippen molar-refractivity contribution in [2.45, 2.75) is 52.7 Å². The minimum Gasteiger partial charge on any atom is -0.459 e. The lowest BCUT2D eigenvalue weighted by Crippen LogP contribution is -2.41. The van der Waals surface area contributed by atoms with Crippen LogP contribution in [-0.4, -0.2) is 30.8 Å². The van der Waals surface area contributed by atoms with Gasteiger partial charge in [0, 0.05) is 5.92 Å².